The molecule has 2 rings (SSSR count). The molecular formula is C21H27NO4. The van der Waals surface area contributed by atoms with Crippen LogP contribution < -0.4 is 0 Å². The quantitative estimate of drug-likeness (QED) is 0.620. The second-order valence-electron chi connectivity index (χ2n) is 5.88. The number of ether oxygens (including phenoxy) is 3. The maximum atomic E-state index is 12.6. The van der Waals surface area contributed by atoms with Gasteiger partial charge in [-0.1, -0.05) is 60.7 Å². The molecule has 0 bridgehead atoms. The second-order valence-corrected chi connectivity index (χ2v) is 5.88. The third-order valence-electron chi connectivity index (χ3n) is 4.06. The fourth-order valence-electron chi connectivity index (χ4n) is 2.65. The minimum Gasteiger partial charge on any atom is -0.383 e. The standard InChI is InChI=1S/C21H27NO4/c1-24-15-13-22(14-16-25-2)20(23)17-26-21(18-9-5-3-6-10-18)19-11-7-4-8-12-19/h3-12,21H,13-17H2,1-2H3. The van der Waals surface area contributed by atoms with Crippen LogP contribution in [0.3, 0.4) is 0 Å². The van der Waals surface area contributed by atoms with E-state index < -0.39 is 0 Å². The van der Waals surface area contributed by atoms with Crippen molar-refractivity contribution in [3.05, 3.63) is 71.8 Å². The molecular weight excluding hydrogens is 330 g/mol. The molecule has 2 aromatic rings. The zero-order valence-corrected chi connectivity index (χ0v) is 15.5. The summed E-state index contributed by atoms with van der Waals surface area (Å²) in [6, 6.07) is 19.9. The maximum Gasteiger partial charge on any atom is 0.248 e. The van der Waals surface area contributed by atoms with Gasteiger partial charge in [0.25, 0.3) is 0 Å². The van der Waals surface area contributed by atoms with Gasteiger partial charge < -0.3 is 19.1 Å². The van der Waals surface area contributed by atoms with E-state index in [0.717, 1.165) is 11.1 Å². The molecule has 0 aliphatic rings. The van der Waals surface area contributed by atoms with Crippen molar-refractivity contribution in [2.75, 3.05) is 47.1 Å². The fourth-order valence-corrected chi connectivity index (χ4v) is 2.65. The summed E-state index contributed by atoms with van der Waals surface area (Å²) >= 11 is 0. The Hall–Kier alpha value is -2.21. The highest BCUT2D eigenvalue weighted by Crippen LogP contribution is 2.25. The molecule has 5 nitrogen and oxygen atoms in total. The largest absolute Gasteiger partial charge is 0.383 e. The van der Waals surface area contributed by atoms with Crippen molar-refractivity contribution in [3.63, 3.8) is 0 Å². The van der Waals surface area contributed by atoms with Crippen LogP contribution >= 0.6 is 0 Å². The van der Waals surface area contributed by atoms with Crippen LogP contribution in [0.25, 0.3) is 0 Å². The molecule has 0 heterocycles. The lowest BCUT2D eigenvalue weighted by Gasteiger charge is -2.24. The van der Waals surface area contributed by atoms with Crippen LogP contribution in [0.5, 0.6) is 0 Å². The lowest BCUT2D eigenvalue weighted by atomic mass is 10.0. The summed E-state index contributed by atoms with van der Waals surface area (Å²) in [5.74, 6) is -0.0732. The van der Waals surface area contributed by atoms with Crippen molar-refractivity contribution in [3.8, 4) is 0 Å². The number of methoxy groups -OCH3 is 2. The second kappa shape index (κ2) is 11.4. The summed E-state index contributed by atoms with van der Waals surface area (Å²) in [7, 11) is 3.24. The van der Waals surface area contributed by atoms with E-state index in [-0.39, 0.29) is 18.6 Å². The van der Waals surface area contributed by atoms with Crippen LogP contribution in [-0.2, 0) is 19.0 Å². The first kappa shape index (κ1) is 20.1. The molecule has 0 aliphatic carbocycles. The minimum absolute atomic E-state index is 0.00187. The Kier molecular flexibility index (Phi) is 8.83. The first-order valence-electron chi connectivity index (χ1n) is 8.73. The monoisotopic (exact) mass is 357 g/mol. The lowest BCUT2D eigenvalue weighted by molar-refractivity contribution is -0.138. The summed E-state index contributed by atoms with van der Waals surface area (Å²) in [5.41, 5.74) is 2.04. The molecule has 0 saturated carbocycles. The van der Waals surface area contributed by atoms with Gasteiger partial charge in [0.1, 0.15) is 12.7 Å². The highest BCUT2D eigenvalue weighted by Gasteiger charge is 2.19. The highest BCUT2D eigenvalue weighted by atomic mass is 16.5. The predicted molar refractivity (Wildman–Crippen MR) is 101 cm³/mol. The van der Waals surface area contributed by atoms with E-state index in [0.29, 0.717) is 26.3 Å². The van der Waals surface area contributed by atoms with Crippen LogP contribution in [0.2, 0.25) is 0 Å². The normalized spacial score (nSPS) is 10.9. The van der Waals surface area contributed by atoms with E-state index in [1.165, 1.54) is 0 Å². The van der Waals surface area contributed by atoms with Crippen LogP contribution in [-0.4, -0.2) is 57.9 Å². The van der Waals surface area contributed by atoms with Crippen LogP contribution in [0.1, 0.15) is 17.2 Å². The summed E-state index contributed by atoms with van der Waals surface area (Å²) in [6.45, 7) is 2.00. The number of nitrogens with zero attached hydrogens (tertiary/aromatic N) is 1. The Labute approximate surface area is 155 Å². The van der Waals surface area contributed by atoms with Gasteiger partial charge in [-0.05, 0) is 11.1 Å². The fraction of sp³-hybridized carbons (Fsp3) is 0.381. The zero-order chi connectivity index (χ0) is 18.6. The lowest BCUT2D eigenvalue weighted by Crippen LogP contribution is -2.39. The molecule has 0 aromatic heterocycles. The number of rotatable bonds is 11. The van der Waals surface area contributed by atoms with Crippen molar-refractivity contribution < 1.29 is 19.0 Å². The van der Waals surface area contributed by atoms with E-state index in [2.05, 4.69) is 0 Å². The summed E-state index contributed by atoms with van der Waals surface area (Å²) in [6.07, 6.45) is -0.284. The molecule has 2 aromatic carbocycles. The van der Waals surface area contributed by atoms with Gasteiger partial charge in [0.2, 0.25) is 5.91 Å². The van der Waals surface area contributed by atoms with Gasteiger partial charge in [-0.15, -0.1) is 0 Å². The molecule has 5 heteroatoms. The van der Waals surface area contributed by atoms with E-state index in [4.69, 9.17) is 14.2 Å². The SMILES string of the molecule is COCCN(CCOC)C(=O)COC(c1ccccc1)c1ccccc1. The molecule has 0 fully saturated rings. The summed E-state index contributed by atoms with van der Waals surface area (Å²) in [5, 5.41) is 0. The molecule has 140 valence electrons. The van der Waals surface area contributed by atoms with Crippen LogP contribution in [0.4, 0.5) is 0 Å². The molecule has 0 radical (unpaired) electrons. The molecule has 0 atom stereocenters. The molecule has 0 unspecified atom stereocenters. The van der Waals surface area contributed by atoms with Gasteiger partial charge in [0, 0.05) is 27.3 Å². The zero-order valence-electron chi connectivity index (χ0n) is 15.5. The van der Waals surface area contributed by atoms with Crippen LogP contribution in [0.15, 0.2) is 60.7 Å². The van der Waals surface area contributed by atoms with Crippen molar-refractivity contribution >= 4 is 5.91 Å². The number of amides is 1. The Balaban J connectivity index is 2.06. The highest BCUT2D eigenvalue weighted by molar-refractivity contribution is 5.77. The molecule has 26 heavy (non-hydrogen) atoms. The minimum atomic E-state index is -0.284. The Bertz CT molecular complexity index is 585. The van der Waals surface area contributed by atoms with E-state index in [9.17, 15) is 4.79 Å². The van der Waals surface area contributed by atoms with Gasteiger partial charge in [-0.2, -0.15) is 0 Å². The third-order valence-corrected chi connectivity index (χ3v) is 4.06. The topological polar surface area (TPSA) is 48.0 Å². The third kappa shape index (κ3) is 6.26. The van der Waals surface area contributed by atoms with Gasteiger partial charge >= 0.3 is 0 Å². The van der Waals surface area contributed by atoms with E-state index in [1.807, 2.05) is 60.7 Å². The molecule has 0 saturated heterocycles. The number of benzene rings is 2. The van der Waals surface area contributed by atoms with E-state index in [1.54, 1.807) is 19.1 Å². The van der Waals surface area contributed by atoms with Crippen molar-refractivity contribution in [1.29, 1.82) is 0 Å². The summed E-state index contributed by atoms with van der Waals surface area (Å²) < 4.78 is 16.2. The number of carbonyl (C=O) groups is 1. The Morgan fingerprint density at radius 1 is 0.846 bits per heavy atom. The molecule has 0 spiro atoms. The van der Waals surface area contributed by atoms with Gasteiger partial charge in [0.05, 0.1) is 13.2 Å². The van der Waals surface area contributed by atoms with Crippen molar-refractivity contribution in [2.45, 2.75) is 6.10 Å². The smallest absolute Gasteiger partial charge is 0.248 e. The van der Waals surface area contributed by atoms with E-state index >= 15 is 0 Å². The molecule has 1 amide bonds. The average molecular weight is 357 g/mol. The first-order chi connectivity index (χ1) is 12.8. The van der Waals surface area contributed by atoms with Crippen LogP contribution in [0, 0.1) is 0 Å². The first-order valence-corrected chi connectivity index (χ1v) is 8.73. The Morgan fingerprint density at radius 2 is 1.31 bits per heavy atom. The number of carbonyl (C=O) groups excluding carboxylic acids is 1. The Morgan fingerprint density at radius 3 is 1.73 bits per heavy atom. The van der Waals surface area contributed by atoms with Crippen molar-refractivity contribution in [1.82, 2.24) is 4.90 Å². The van der Waals surface area contributed by atoms with Gasteiger partial charge in [0.15, 0.2) is 0 Å². The van der Waals surface area contributed by atoms with Gasteiger partial charge in [-0.25, -0.2) is 0 Å². The number of hydrogen-bond donors (Lipinski definition) is 0. The van der Waals surface area contributed by atoms with Gasteiger partial charge in [-0.3, -0.25) is 4.79 Å². The average Bonchev–Trinajstić information content (AvgIpc) is 2.70. The van der Waals surface area contributed by atoms with Crippen molar-refractivity contribution in [2.24, 2.45) is 0 Å². The summed E-state index contributed by atoms with van der Waals surface area (Å²) in [4.78, 5) is 14.3. The molecule has 0 N–H and O–H groups in total. The molecule has 0 aliphatic heterocycles. The number of hydrogen-bond acceptors (Lipinski definition) is 4. The maximum absolute atomic E-state index is 12.6. The predicted octanol–water partition coefficient (Wildman–Crippen LogP) is 2.91.